The van der Waals surface area contributed by atoms with E-state index in [9.17, 15) is 4.79 Å². The number of rotatable bonds is 5. The van der Waals surface area contributed by atoms with Crippen molar-refractivity contribution in [3.63, 3.8) is 0 Å². The molecule has 0 fully saturated rings. The van der Waals surface area contributed by atoms with Gasteiger partial charge in [-0.25, -0.2) is 9.78 Å². The van der Waals surface area contributed by atoms with Crippen molar-refractivity contribution in [2.45, 2.75) is 6.54 Å². The minimum absolute atomic E-state index is 0.000265. The van der Waals surface area contributed by atoms with Crippen LogP contribution in [0.2, 0.25) is 5.28 Å². The Morgan fingerprint density at radius 2 is 2.26 bits per heavy atom. The molecule has 0 aliphatic carbocycles. The molecule has 2 aromatic rings. The summed E-state index contributed by atoms with van der Waals surface area (Å²) < 4.78 is 4.85. The van der Waals surface area contributed by atoms with Gasteiger partial charge in [-0.2, -0.15) is 15.0 Å². The maximum Gasteiger partial charge on any atom is 0.355 e. The third kappa shape index (κ3) is 3.48. The summed E-state index contributed by atoms with van der Waals surface area (Å²) in [6.45, 7) is 0.279. The second-order valence-corrected chi connectivity index (χ2v) is 4.48. The quantitative estimate of drug-likeness (QED) is 0.850. The van der Waals surface area contributed by atoms with Crippen LogP contribution in [0.15, 0.2) is 5.38 Å². The molecule has 8 nitrogen and oxygen atoms in total. The third-order valence-corrected chi connectivity index (χ3v) is 2.96. The van der Waals surface area contributed by atoms with Crippen molar-refractivity contribution < 1.29 is 14.6 Å². The van der Waals surface area contributed by atoms with E-state index in [4.69, 9.17) is 21.4 Å². The first kappa shape index (κ1) is 13.4. The molecule has 100 valence electrons. The predicted octanol–water partition coefficient (Wildman–Crippen LogP) is 1.30. The van der Waals surface area contributed by atoms with Crippen LogP contribution in [-0.2, 0) is 6.54 Å². The summed E-state index contributed by atoms with van der Waals surface area (Å²) in [6.07, 6.45) is 0. The number of thiazole rings is 1. The fourth-order valence-electron chi connectivity index (χ4n) is 1.15. The molecule has 2 aromatic heterocycles. The molecular weight excluding hydrogens is 294 g/mol. The average Bonchev–Trinajstić information content (AvgIpc) is 2.84. The fraction of sp³-hybridized carbons (Fsp3) is 0.222. The van der Waals surface area contributed by atoms with Crippen LogP contribution in [0.4, 0.5) is 5.95 Å². The van der Waals surface area contributed by atoms with Crippen LogP contribution in [0.1, 0.15) is 15.5 Å². The SMILES string of the molecule is COc1nc(Cl)nc(NCc2nc(C(=O)O)cs2)n1. The van der Waals surface area contributed by atoms with Crippen LogP contribution in [0.5, 0.6) is 6.01 Å². The second kappa shape index (κ2) is 5.76. The van der Waals surface area contributed by atoms with Crippen molar-refractivity contribution in [2.75, 3.05) is 12.4 Å². The number of aromatic nitrogens is 4. The van der Waals surface area contributed by atoms with E-state index in [2.05, 4.69) is 25.3 Å². The largest absolute Gasteiger partial charge is 0.476 e. The molecular formula is C9H8ClN5O3S. The molecule has 0 aromatic carbocycles. The Labute approximate surface area is 116 Å². The Kier molecular flexibility index (Phi) is 4.07. The maximum atomic E-state index is 10.7. The van der Waals surface area contributed by atoms with Gasteiger partial charge in [0.1, 0.15) is 5.01 Å². The van der Waals surface area contributed by atoms with Gasteiger partial charge in [-0.1, -0.05) is 0 Å². The number of halogens is 1. The molecule has 0 unspecified atom stereocenters. The van der Waals surface area contributed by atoms with Crippen LogP contribution >= 0.6 is 22.9 Å². The summed E-state index contributed by atoms with van der Waals surface area (Å²) in [5.74, 6) is -0.837. The van der Waals surface area contributed by atoms with Gasteiger partial charge in [0, 0.05) is 5.38 Å². The summed E-state index contributed by atoms with van der Waals surface area (Å²) in [7, 11) is 1.41. The lowest BCUT2D eigenvalue weighted by atomic mass is 10.5. The summed E-state index contributed by atoms with van der Waals surface area (Å²) in [6, 6.07) is 0.0906. The molecule has 0 aliphatic rings. The molecule has 0 saturated carbocycles. The van der Waals surface area contributed by atoms with Gasteiger partial charge in [0.15, 0.2) is 5.69 Å². The highest BCUT2D eigenvalue weighted by atomic mass is 35.5. The molecule has 0 saturated heterocycles. The van der Waals surface area contributed by atoms with Gasteiger partial charge >= 0.3 is 12.0 Å². The van der Waals surface area contributed by atoms with Crippen molar-refractivity contribution in [2.24, 2.45) is 0 Å². The lowest BCUT2D eigenvalue weighted by Gasteiger charge is -2.04. The lowest BCUT2D eigenvalue weighted by Crippen LogP contribution is -2.06. The smallest absolute Gasteiger partial charge is 0.355 e. The van der Waals surface area contributed by atoms with E-state index in [0.29, 0.717) is 5.01 Å². The second-order valence-electron chi connectivity index (χ2n) is 3.20. The van der Waals surface area contributed by atoms with Gasteiger partial charge in [0.25, 0.3) is 0 Å². The number of hydrogen-bond acceptors (Lipinski definition) is 8. The average molecular weight is 302 g/mol. The number of carbonyl (C=O) groups is 1. The van der Waals surface area contributed by atoms with E-state index in [0.717, 1.165) is 0 Å². The van der Waals surface area contributed by atoms with Crippen molar-refractivity contribution in [3.05, 3.63) is 21.4 Å². The molecule has 19 heavy (non-hydrogen) atoms. The van der Waals surface area contributed by atoms with Gasteiger partial charge < -0.3 is 15.2 Å². The molecule has 0 bridgehead atoms. The summed E-state index contributed by atoms with van der Waals surface area (Å²) in [4.78, 5) is 26.1. The predicted molar refractivity (Wildman–Crippen MR) is 67.8 cm³/mol. The summed E-state index contributed by atoms with van der Waals surface area (Å²) in [5, 5.41) is 13.7. The third-order valence-electron chi connectivity index (χ3n) is 1.94. The molecule has 0 radical (unpaired) electrons. The van der Waals surface area contributed by atoms with Gasteiger partial charge in [0.2, 0.25) is 11.2 Å². The number of aromatic carboxylic acids is 1. The first-order valence-electron chi connectivity index (χ1n) is 4.95. The fourth-order valence-corrected chi connectivity index (χ4v) is 2.01. The molecule has 2 rings (SSSR count). The lowest BCUT2D eigenvalue weighted by molar-refractivity contribution is 0.0691. The minimum atomic E-state index is -1.06. The number of nitrogens with zero attached hydrogens (tertiary/aromatic N) is 4. The zero-order chi connectivity index (χ0) is 13.8. The first-order valence-corrected chi connectivity index (χ1v) is 6.21. The monoisotopic (exact) mass is 301 g/mol. The Hall–Kier alpha value is -2.00. The van der Waals surface area contributed by atoms with Gasteiger partial charge in [-0.15, -0.1) is 11.3 Å². The zero-order valence-corrected chi connectivity index (χ0v) is 11.2. The number of methoxy groups -OCH3 is 1. The van der Waals surface area contributed by atoms with Gasteiger partial charge in [-0.3, -0.25) is 0 Å². The van der Waals surface area contributed by atoms with Crippen molar-refractivity contribution in [3.8, 4) is 6.01 Å². The van der Waals surface area contributed by atoms with Crippen LogP contribution in [0.25, 0.3) is 0 Å². The van der Waals surface area contributed by atoms with Crippen molar-refractivity contribution in [1.82, 2.24) is 19.9 Å². The number of ether oxygens (including phenoxy) is 1. The topological polar surface area (TPSA) is 110 Å². The van der Waals surface area contributed by atoms with Crippen LogP contribution < -0.4 is 10.1 Å². The standard InChI is InChI=1S/C9H8ClN5O3S/c1-18-9-14-7(10)13-8(15-9)11-2-5-12-4(3-19-5)6(16)17/h3H,2H2,1H3,(H,16,17)(H,11,13,14,15). The number of hydrogen-bond donors (Lipinski definition) is 2. The van der Waals surface area contributed by atoms with E-state index in [-0.39, 0.29) is 29.5 Å². The van der Waals surface area contributed by atoms with Crippen LogP contribution in [0, 0.1) is 0 Å². The number of carboxylic acids is 1. The van der Waals surface area contributed by atoms with E-state index >= 15 is 0 Å². The number of anilines is 1. The Balaban J connectivity index is 2.05. The number of carboxylic acid groups (broad SMARTS) is 1. The highest BCUT2D eigenvalue weighted by Gasteiger charge is 2.09. The minimum Gasteiger partial charge on any atom is -0.476 e. The van der Waals surface area contributed by atoms with E-state index in [1.54, 1.807) is 0 Å². The molecule has 0 amide bonds. The Morgan fingerprint density at radius 3 is 2.89 bits per heavy atom. The van der Waals surface area contributed by atoms with Crippen LogP contribution in [-0.4, -0.2) is 38.1 Å². The van der Waals surface area contributed by atoms with Gasteiger partial charge in [-0.05, 0) is 11.6 Å². The van der Waals surface area contributed by atoms with E-state index in [1.165, 1.54) is 23.8 Å². The van der Waals surface area contributed by atoms with E-state index < -0.39 is 5.97 Å². The Morgan fingerprint density at radius 1 is 1.47 bits per heavy atom. The maximum absolute atomic E-state index is 10.7. The number of nitrogens with one attached hydrogen (secondary N) is 1. The highest BCUT2D eigenvalue weighted by molar-refractivity contribution is 7.09. The zero-order valence-electron chi connectivity index (χ0n) is 9.62. The Bertz CT molecular complexity index is 605. The molecule has 10 heteroatoms. The molecule has 2 heterocycles. The normalized spacial score (nSPS) is 10.2. The summed E-state index contributed by atoms with van der Waals surface area (Å²) in [5.41, 5.74) is 0.00746. The highest BCUT2D eigenvalue weighted by Crippen LogP contribution is 2.14. The van der Waals surface area contributed by atoms with Crippen LogP contribution in [0.3, 0.4) is 0 Å². The van der Waals surface area contributed by atoms with Crippen molar-refractivity contribution >= 4 is 34.9 Å². The van der Waals surface area contributed by atoms with Gasteiger partial charge in [0.05, 0.1) is 13.7 Å². The van der Waals surface area contributed by atoms with E-state index in [1.807, 2.05) is 0 Å². The molecule has 0 spiro atoms. The van der Waals surface area contributed by atoms with Crippen molar-refractivity contribution in [1.29, 1.82) is 0 Å². The molecule has 0 aliphatic heterocycles. The molecule has 2 N–H and O–H groups in total. The first-order chi connectivity index (χ1) is 9.08. The summed E-state index contributed by atoms with van der Waals surface area (Å²) >= 11 is 6.90. The molecule has 0 atom stereocenters.